The van der Waals surface area contributed by atoms with Crippen molar-refractivity contribution in [3.8, 4) is 5.75 Å². The van der Waals surface area contributed by atoms with Gasteiger partial charge in [0.15, 0.2) is 0 Å². The summed E-state index contributed by atoms with van der Waals surface area (Å²) < 4.78 is 7.10. The van der Waals surface area contributed by atoms with Crippen LogP contribution in [0.15, 0.2) is 69.1 Å². The molecule has 1 aliphatic rings. The first-order chi connectivity index (χ1) is 16.6. The Labute approximate surface area is 228 Å². The fourth-order valence-corrected chi connectivity index (χ4v) is 5.11. The average molecular weight is 639 g/mol. The van der Waals surface area contributed by atoms with Crippen LogP contribution in [0.3, 0.4) is 0 Å². The van der Waals surface area contributed by atoms with E-state index in [0.29, 0.717) is 36.0 Å². The molecule has 0 spiro atoms. The number of barbiturate groups is 1. The van der Waals surface area contributed by atoms with E-state index >= 15 is 0 Å². The van der Waals surface area contributed by atoms with Gasteiger partial charge in [-0.3, -0.25) is 14.9 Å². The smallest absolute Gasteiger partial charge is 0.335 e. The van der Waals surface area contributed by atoms with E-state index in [1.54, 1.807) is 48.5 Å². The van der Waals surface area contributed by atoms with E-state index < -0.39 is 17.8 Å². The highest BCUT2D eigenvalue weighted by Gasteiger charge is 2.36. The number of benzene rings is 3. The predicted octanol–water partition coefficient (Wildman–Crippen LogP) is 7.07. The Balaban J connectivity index is 1.59. The monoisotopic (exact) mass is 636 g/mol. The Hall–Kier alpha value is -2.65. The van der Waals surface area contributed by atoms with Crippen LogP contribution in [-0.4, -0.2) is 17.8 Å². The molecule has 35 heavy (non-hydrogen) atoms. The van der Waals surface area contributed by atoms with Crippen molar-refractivity contribution in [2.45, 2.75) is 13.5 Å². The number of rotatable bonds is 5. The van der Waals surface area contributed by atoms with Crippen LogP contribution in [0.1, 0.15) is 16.7 Å². The second-order valence-corrected chi connectivity index (χ2v) is 10.2. The van der Waals surface area contributed by atoms with E-state index in [1.807, 2.05) is 13.0 Å². The summed E-state index contributed by atoms with van der Waals surface area (Å²) in [4.78, 5) is 38.9. The fourth-order valence-electron chi connectivity index (χ4n) is 3.34. The van der Waals surface area contributed by atoms with Gasteiger partial charge in [0.05, 0.1) is 24.7 Å². The number of hydrogen-bond acceptors (Lipinski definition) is 4. The summed E-state index contributed by atoms with van der Waals surface area (Å²) in [6.45, 7) is 2.13. The van der Waals surface area contributed by atoms with Crippen molar-refractivity contribution >= 4 is 84.7 Å². The van der Waals surface area contributed by atoms with Gasteiger partial charge in [0.1, 0.15) is 17.9 Å². The van der Waals surface area contributed by atoms with E-state index in [4.69, 9.17) is 27.9 Å². The quantitative estimate of drug-likeness (QED) is 0.240. The Bertz CT molecular complexity index is 1370. The molecule has 4 amide bonds. The Morgan fingerprint density at radius 3 is 2.23 bits per heavy atom. The zero-order valence-electron chi connectivity index (χ0n) is 18.1. The number of ether oxygens (including phenoxy) is 1. The molecule has 0 aromatic heterocycles. The standard InChI is InChI=1S/C25H16Br2Cl2N2O4/c1-13-2-5-16(6-3-13)31-24(33)17(23(32)30-25(31)34)8-15-9-18(26)22(19(27)10-15)35-12-14-4-7-20(28)21(29)11-14/h2-11H,12H2,1H3,(H,30,32,34)/b17-8+. The number of halogens is 4. The average Bonchev–Trinajstić information content (AvgIpc) is 2.79. The van der Waals surface area contributed by atoms with Crippen molar-refractivity contribution in [2.24, 2.45) is 0 Å². The van der Waals surface area contributed by atoms with Crippen LogP contribution in [0.2, 0.25) is 10.0 Å². The van der Waals surface area contributed by atoms with Crippen LogP contribution in [0, 0.1) is 6.92 Å². The van der Waals surface area contributed by atoms with Crippen molar-refractivity contribution in [2.75, 3.05) is 4.90 Å². The van der Waals surface area contributed by atoms with Gasteiger partial charge in [0.2, 0.25) is 0 Å². The lowest BCUT2D eigenvalue weighted by atomic mass is 10.1. The number of nitrogens with zero attached hydrogens (tertiary/aromatic N) is 1. The molecule has 3 aromatic carbocycles. The van der Waals surface area contributed by atoms with Gasteiger partial charge in [-0.2, -0.15) is 0 Å². The molecule has 1 fully saturated rings. The second-order valence-electron chi connectivity index (χ2n) is 7.64. The number of carbonyl (C=O) groups is 3. The molecule has 1 saturated heterocycles. The summed E-state index contributed by atoms with van der Waals surface area (Å²) in [6, 6.07) is 14.7. The van der Waals surface area contributed by atoms with Gasteiger partial charge >= 0.3 is 6.03 Å². The maximum absolute atomic E-state index is 13.1. The lowest BCUT2D eigenvalue weighted by molar-refractivity contribution is -0.122. The highest BCUT2D eigenvalue weighted by Crippen LogP contribution is 2.36. The van der Waals surface area contributed by atoms with Crippen molar-refractivity contribution in [3.63, 3.8) is 0 Å². The molecule has 0 aliphatic carbocycles. The van der Waals surface area contributed by atoms with Gasteiger partial charge in [0.25, 0.3) is 11.8 Å². The van der Waals surface area contributed by atoms with E-state index in [0.717, 1.165) is 16.0 Å². The summed E-state index contributed by atoms with van der Waals surface area (Å²) in [5, 5.41) is 3.11. The minimum Gasteiger partial charge on any atom is -0.487 e. The number of amides is 4. The SMILES string of the molecule is Cc1ccc(N2C(=O)NC(=O)/C(=C\c3cc(Br)c(OCc4ccc(Cl)c(Cl)c4)c(Br)c3)C2=O)cc1. The molecule has 1 heterocycles. The predicted molar refractivity (Wildman–Crippen MR) is 143 cm³/mol. The van der Waals surface area contributed by atoms with Crippen molar-refractivity contribution in [3.05, 3.63) is 95.9 Å². The van der Waals surface area contributed by atoms with Gasteiger partial charge in [-0.15, -0.1) is 0 Å². The van der Waals surface area contributed by atoms with E-state index in [-0.39, 0.29) is 12.2 Å². The largest absolute Gasteiger partial charge is 0.487 e. The third-order valence-electron chi connectivity index (χ3n) is 5.09. The topological polar surface area (TPSA) is 75.7 Å². The van der Waals surface area contributed by atoms with Crippen LogP contribution >= 0.6 is 55.1 Å². The third kappa shape index (κ3) is 5.62. The fraction of sp³-hybridized carbons (Fsp3) is 0.0800. The maximum atomic E-state index is 13.1. The van der Waals surface area contributed by atoms with Crippen molar-refractivity contribution < 1.29 is 19.1 Å². The van der Waals surface area contributed by atoms with Crippen LogP contribution < -0.4 is 15.0 Å². The minimum absolute atomic E-state index is 0.173. The van der Waals surface area contributed by atoms with Gasteiger partial charge in [-0.1, -0.05) is 47.0 Å². The molecule has 0 radical (unpaired) electrons. The second kappa shape index (κ2) is 10.5. The Kier molecular flexibility index (Phi) is 7.66. The molecule has 178 valence electrons. The first-order valence-electron chi connectivity index (χ1n) is 10.2. The molecule has 0 atom stereocenters. The van der Waals surface area contributed by atoms with E-state index in [1.165, 1.54) is 6.08 Å². The third-order valence-corrected chi connectivity index (χ3v) is 7.01. The molecular formula is C25H16Br2Cl2N2O4. The first kappa shape index (κ1) is 25.4. The zero-order chi connectivity index (χ0) is 25.3. The number of nitrogens with one attached hydrogen (secondary N) is 1. The number of hydrogen-bond donors (Lipinski definition) is 1. The molecule has 0 unspecified atom stereocenters. The zero-order valence-corrected chi connectivity index (χ0v) is 22.8. The van der Waals surface area contributed by atoms with Crippen LogP contribution in [0.25, 0.3) is 6.08 Å². The highest BCUT2D eigenvalue weighted by molar-refractivity contribution is 9.11. The summed E-state index contributed by atoms with van der Waals surface area (Å²) in [5.41, 5.74) is 2.54. The van der Waals surface area contributed by atoms with E-state index in [9.17, 15) is 14.4 Å². The number of aryl methyl sites for hydroxylation is 1. The molecule has 0 bridgehead atoms. The van der Waals surface area contributed by atoms with Gasteiger partial charge in [-0.25, -0.2) is 9.69 Å². The van der Waals surface area contributed by atoms with Crippen LogP contribution in [0.4, 0.5) is 10.5 Å². The number of carbonyl (C=O) groups excluding carboxylic acids is 3. The van der Waals surface area contributed by atoms with Gasteiger partial charge in [0, 0.05) is 0 Å². The van der Waals surface area contributed by atoms with Crippen LogP contribution in [0.5, 0.6) is 5.75 Å². The van der Waals surface area contributed by atoms with E-state index in [2.05, 4.69) is 37.2 Å². The van der Waals surface area contributed by atoms with Crippen molar-refractivity contribution in [1.82, 2.24) is 5.32 Å². The molecule has 10 heteroatoms. The molecular weight excluding hydrogens is 623 g/mol. The molecule has 1 aliphatic heterocycles. The minimum atomic E-state index is -0.797. The maximum Gasteiger partial charge on any atom is 0.335 e. The summed E-state index contributed by atoms with van der Waals surface area (Å²) in [7, 11) is 0. The molecule has 6 nitrogen and oxygen atoms in total. The highest BCUT2D eigenvalue weighted by atomic mass is 79.9. The number of urea groups is 1. The molecule has 1 N–H and O–H groups in total. The van der Waals surface area contributed by atoms with Crippen LogP contribution in [-0.2, 0) is 16.2 Å². The lowest BCUT2D eigenvalue weighted by Crippen LogP contribution is -2.54. The summed E-state index contributed by atoms with van der Waals surface area (Å²) in [6.07, 6.45) is 1.42. The Morgan fingerprint density at radius 2 is 1.60 bits per heavy atom. The number of anilines is 1. The summed E-state index contributed by atoms with van der Waals surface area (Å²) in [5.74, 6) is -0.959. The van der Waals surface area contributed by atoms with Crippen molar-refractivity contribution in [1.29, 1.82) is 0 Å². The first-order valence-corrected chi connectivity index (χ1v) is 12.5. The lowest BCUT2D eigenvalue weighted by Gasteiger charge is -2.26. The van der Waals surface area contributed by atoms with Gasteiger partial charge in [-0.05, 0) is 92.4 Å². The summed E-state index contributed by atoms with van der Waals surface area (Å²) >= 11 is 19.0. The molecule has 0 saturated carbocycles. The van der Waals surface area contributed by atoms with Gasteiger partial charge < -0.3 is 4.74 Å². The Morgan fingerprint density at radius 1 is 0.943 bits per heavy atom. The number of imide groups is 2. The normalized spacial score (nSPS) is 14.9. The molecule has 4 rings (SSSR count). The molecule has 3 aromatic rings.